The van der Waals surface area contributed by atoms with Crippen LogP contribution in [0.25, 0.3) is 0 Å². The van der Waals surface area contributed by atoms with Gasteiger partial charge < -0.3 is 10.2 Å². The van der Waals surface area contributed by atoms with Crippen LogP contribution in [0.5, 0.6) is 0 Å². The van der Waals surface area contributed by atoms with Crippen molar-refractivity contribution in [3.05, 3.63) is 64.1 Å². The number of hydrogen-bond donors (Lipinski definition) is 2. The lowest BCUT2D eigenvalue weighted by atomic mass is 10.2. The molecule has 0 saturated heterocycles. The van der Waals surface area contributed by atoms with Crippen LogP contribution in [-0.4, -0.2) is 19.0 Å². The minimum absolute atomic E-state index is 0.0196. The molecule has 116 valence electrons. The molecule has 0 aromatic heterocycles. The number of carbonyl (C=O) groups is 1. The zero-order chi connectivity index (χ0) is 16.1. The van der Waals surface area contributed by atoms with E-state index in [-0.39, 0.29) is 11.9 Å². The van der Waals surface area contributed by atoms with E-state index in [0.29, 0.717) is 16.6 Å². The zero-order valence-corrected chi connectivity index (χ0v) is 14.1. The lowest BCUT2D eigenvalue weighted by Crippen LogP contribution is -3.12. The van der Waals surface area contributed by atoms with Crippen molar-refractivity contribution >= 4 is 34.8 Å². The van der Waals surface area contributed by atoms with Crippen molar-refractivity contribution in [2.24, 2.45) is 0 Å². The Bertz CT molecular complexity index is 646. The van der Waals surface area contributed by atoms with Crippen molar-refractivity contribution in [2.45, 2.75) is 19.5 Å². The number of halogens is 2. The van der Waals surface area contributed by atoms with Crippen LogP contribution in [0.2, 0.25) is 10.0 Å². The fourth-order valence-corrected chi connectivity index (χ4v) is 2.59. The van der Waals surface area contributed by atoms with Crippen molar-refractivity contribution in [1.82, 2.24) is 0 Å². The molecule has 2 atom stereocenters. The molecule has 2 rings (SSSR count). The standard InChI is InChI=1S/C17H18Cl2N2O/c1-12(17(22)20-15-6-4-3-5-7-15)21(2)11-13-8-9-14(18)10-16(13)19/h3-10,12H,11H2,1-2H3,(H,20,22)/p+1/t12-/m0/s1. The Labute approximate surface area is 140 Å². The molecule has 0 saturated carbocycles. The van der Waals surface area contributed by atoms with Gasteiger partial charge in [0, 0.05) is 16.3 Å². The third kappa shape index (κ3) is 4.47. The first-order valence-corrected chi connectivity index (χ1v) is 7.85. The molecular weight excluding hydrogens is 319 g/mol. The van der Waals surface area contributed by atoms with E-state index in [1.165, 1.54) is 0 Å². The Morgan fingerprint density at radius 2 is 1.86 bits per heavy atom. The van der Waals surface area contributed by atoms with Gasteiger partial charge in [0.25, 0.3) is 5.91 Å². The Hall–Kier alpha value is -1.55. The van der Waals surface area contributed by atoms with Crippen molar-refractivity contribution in [1.29, 1.82) is 0 Å². The second-order valence-electron chi connectivity index (χ2n) is 5.34. The van der Waals surface area contributed by atoms with Crippen molar-refractivity contribution in [3.8, 4) is 0 Å². The average Bonchev–Trinajstić information content (AvgIpc) is 2.50. The number of carbonyl (C=O) groups excluding carboxylic acids is 1. The molecule has 0 radical (unpaired) electrons. The van der Waals surface area contributed by atoms with Crippen LogP contribution in [0.4, 0.5) is 5.69 Å². The number of nitrogens with one attached hydrogen (secondary N) is 2. The summed E-state index contributed by atoms with van der Waals surface area (Å²) in [6.45, 7) is 2.55. The Kier molecular flexibility index (Phi) is 5.83. The molecule has 0 spiro atoms. The molecule has 0 aliphatic rings. The van der Waals surface area contributed by atoms with Crippen LogP contribution in [0.15, 0.2) is 48.5 Å². The summed E-state index contributed by atoms with van der Waals surface area (Å²) in [5, 5.41) is 4.16. The average molecular weight is 338 g/mol. The van der Waals surface area contributed by atoms with Gasteiger partial charge in [-0.25, -0.2) is 0 Å². The first-order valence-electron chi connectivity index (χ1n) is 7.09. The van der Waals surface area contributed by atoms with Crippen molar-refractivity contribution < 1.29 is 9.69 Å². The third-order valence-electron chi connectivity index (χ3n) is 3.66. The van der Waals surface area contributed by atoms with Gasteiger partial charge in [0.15, 0.2) is 6.04 Å². The summed E-state index contributed by atoms with van der Waals surface area (Å²) in [5.74, 6) is -0.0196. The van der Waals surface area contributed by atoms with Crippen LogP contribution in [0.3, 0.4) is 0 Å². The van der Waals surface area contributed by atoms with Crippen LogP contribution < -0.4 is 10.2 Å². The summed E-state index contributed by atoms with van der Waals surface area (Å²) in [6.07, 6.45) is 0. The molecule has 3 nitrogen and oxygen atoms in total. The number of quaternary nitrogens is 1. The maximum Gasteiger partial charge on any atom is 0.282 e. The molecule has 1 amide bonds. The number of hydrogen-bond acceptors (Lipinski definition) is 1. The highest BCUT2D eigenvalue weighted by Gasteiger charge is 2.22. The highest BCUT2D eigenvalue weighted by atomic mass is 35.5. The molecule has 0 bridgehead atoms. The van der Waals surface area contributed by atoms with Gasteiger partial charge in [-0.2, -0.15) is 0 Å². The van der Waals surface area contributed by atoms with E-state index >= 15 is 0 Å². The predicted octanol–water partition coefficient (Wildman–Crippen LogP) is 3.04. The Morgan fingerprint density at radius 3 is 2.50 bits per heavy atom. The topological polar surface area (TPSA) is 33.5 Å². The molecule has 0 aliphatic carbocycles. The number of anilines is 1. The fraction of sp³-hybridized carbons (Fsp3) is 0.235. The SMILES string of the molecule is C[C@@H](C(=O)Nc1ccccc1)[NH+](C)Cc1ccc(Cl)cc1Cl. The Morgan fingerprint density at radius 1 is 1.18 bits per heavy atom. The highest BCUT2D eigenvalue weighted by Crippen LogP contribution is 2.20. The summed E-state index contributed by atoms with van der Waals surface area (Å²) in [7, 11) is 1.97. The van der Waals surface area contributed by atoms with E-state index in [2.05, 4.69) is 5.32 Å². The summed E-state index contributed by atoms with van der Waals surface area (Å²) in [6, 6.07) is 14.7. The molecule has 22 heavy (non-hydrogen) atoms. The highest BCUT2D eigenvalue weighted by molar-refractivity contribution is 6.35. The summed E-state index contributed by atoms with van der Waals surface area (Å²) >= 11 is 12.1. The zero-order valence-electron chi connectivity index (χ0n) is 12.6. The van der Waals surface area contributed by atoms with Crippen LogP contribution in [0.1, 0.15) is 12.5 Å². The monoisotopic (exact) mass is 337 g/mol. The van der Waals surface area contributed by atoms with Gasteiger partial charge in [-0.15, -0.1) is 0 Å². The van der Waals surface area contributed by atoms with Gasteiger partial charge in [0.05, 0.1) is 12.1 Å². The van der Waals surface area contributed by atoms with Crippen LogP contribution in [-0.2, 0) is 11.3 Å². The summed E-state index contributed by atoms with van der Waals surface area (Å²) in [4.78, 5) is 13.4. The van der Waals surface area contributed by atoms with Crippen LogP contribution in [0, 0.1) is 0 Å². The van der Waals surface area contributed by atoms with Gasteiger partial charge in [-0.3, -0.25) is 4.79 Å². The van der Waals surface area contributed by atoms with E-state index in [1.54, 1.807) is 6.07 Å². The second kappa shape index (κ2) is 7.63. The molecule has 0 fully saturated rings. The third-order valence-corrected chi connectivity index (χ3v) is 4.25. The molecule has 5 heteroatoms. The number of para-hydroxylation sites is 1. The largest absolute Gasteiger partial charge is 0.324 e. The smallest absolute Gasteiger partial charge is 0.282 e. The summed E-state index contributed by atoms with van der Waals surface area (Å²) in [5.41, 5.74) is 1.78. The van der Waals surface area contributed by atoms with Gasteiger partial charge in [-0.1, -0.05) is 47.5 Å². The first kappa shape index (κ1) is 16.8. The normalized spacial score (nSPS) is 13.5. The fourth-order valence-electron chi connectivity index (χ4n) is 2.11. The molecule has 2 aromatic rings. The van der Waals surface area contributed by atoms with E-state index in [1.807, 2.05) is 56.4 Å². The van der Waals surface area contributed by atoms with Gasteiger partial charge >= 0.3 is 0 Å². The number of amides is 1. The Balaban J connectivity index is 1.99. The maximum atomic E-state index is 12.3. The lowest BCUT2D eigenvalue weighted by molar-refractivity contribution is -0.907. The van der Waals surface area contributed by atoms with Crippen molar-refractivity contribution in [2.75, 3.05) is 12.4 Å². The van der Waals surface area contributed by atoms with Gasteiger partial charge in [0.2, 0.25) is 0 Å². The van der Waals surface area contributed by atoms with E-state index in [9.17, 15) is 4.79 Å². The predicted molar refractivity (Wildman–Crippen MR) is 91.6 cm³/mol. The summed E-state index contributed by atoms with van der Waals surface area (Å²) < 4.78 is 0. The molecule has 0 aliphatic heterocycles. The molecule has 1 unspecified atom stereocenters. The first-order chi connectivity index (χ1) is 10.5. The van der Waals surface area contributed by atoms with Gasteiger partial charge in [-0.05, 0) is 31.2 Å². The van der Waals surface area contributed by atoms with E-state index in [0.717, 1.165) is 16.2 Å². The van der Waals surface area contributed by atoms with Gasteiger partial charge in [0.1, 0.15) is 6.54 Å². The molecular formula is C17H19Cl2N2O+. The minimum atomic E-state index is -0.202. The minimum Gasteiger partial charge on any atom is -0.324 e. The number of rotatable bonds is 5. The number of benzene rings is 2. The van der Waals surface area contributed by atoms with E-state index in [4.69, 9.17) is 23.2 Å². The number of likely N-dealkylation sites (N-methyl/N-ethyl adjacent to an activating group) is 1. The molecule has 2 N–H and O–H groups in total. The molecule has 2 aromatic carbocycles. The lowest BCUT2D eigenvalue weighted by Gasteiger charge is -2.21. The quantitative estimate of drug-likeness (QED) is 0.863. The van der Waals surface area contributed by atoms with E-state index < -0.39 is 0 Å². The van der Waals surface area contributed by atoms with Crippen molar-refractivity contribution in [3.63, 3.8) is 0 Å². The second-order valence-corrected chi connectivity index (χ2v) is 6.18. The maximum absolute atomic E-state index is 12.3. The van der Waals surface area contributed by atoms with Crippen LogP contribution >= 0.6 is 23.2 Å². The molecule has 0 heterocycles.